The van der Waals surface area contributed by atoms with Gasteiger partial charge in [-0.15, -0.1) is 5.10 Å². The summed E-state index contributed by atoms with van der Waals surface area (Å²) < 4.78 is 15.4. The highest BCUT2D eigenvalue weighted by Crippen LogP contribution is 2.34. The summed E-state index contributed by atoms with van der Waals surface area (Å²) in [5, 5.41) is 8.53. The van der Waals surface area contributed by atoms with Crippen LogP contribution in [0, 0.1) is 5.82 Å². The lowest BCUT2D eigenvalue weighted by molar-refractivity contribution is 0.573. The van der Waals surface area contributed by atoms with Gasteiger partial charge in [0.05, 0.1) is 11.4 Å². The molecule has 0 spiro atoms. The Kier molecular flexibility index (Phi) is 4.22. The second-order valence-corrected chi connectivity index (χ2v) is 8.16. The Morgan fingerprint density at radius 3 is 2.71 bits per heavy atom. The average molecular weight is 415 g/mol. The molecule has 3 aromatic heterocycles. The second-order valence-electron chi connectivity index (χ2n) is 8.16. The lowest BCUT2D eigenvalue weighted by Crippen LogP contribution is -2.44. The van der Waals surface area contributed by atoms with Gasteiger partial charge in [-0.25, -0.2) is 13.9 Å². The molecule has 8 heteroatoms. The van der Waals surface area contributed by atoms with Gasteiger partial charge in [0.2, 0.25) is 0 Å². The predicted octanol–water partition coefficient (Wildman–Crippen LogP) is 2.61. The normalized spacial score (nSPS) is 20.1. The number of anilines is 1. The van der Waals surface area contributed by atoms with Crippen LogP contribution in [0.1, 0.15) is 12.1 Å². The largest absolute Gasteiger partial charge is 0.349 e. The van der Waals surface area contributed by atoms with Crippen molar-refractivity contribution in [2.24, 2.45) is 5.73 Å². The molecule has 7 nitrogen and oxygen atoms in total. The number of aromatic nitrogens is 4. The number of piperazine rings is 1. The molecule has 1 aromatic carbocycles. The van der Waals surface area contributed by atoms with Crippen LogP contribution in [0.15, 0.2) is 54.7 Å². The van der Waals surface area contributed by atoms with Gasteiger partial charge in [0.15, 0.2) is 5.65 Å². The van der Waals surface area contributed by atoms with E-state index in [0.29, 0.717) is 18.6 Å². The molecule has 2 unspecified atom stereocenters. The number of imidazole rings is 1. The van der Waals surface area contributed by atoms with Crippen LogP contribution in [0.5, 0.6) is 0 Å². The number of hydrogen-bond donors (Lipinski definition) is 2. The summed E-state index contributed by atoms with van der Waals surface area (Å²) in [6.45, 7) is 2.30. The first-order chi connectivity index (χ1) is 15.2. The van der Waals surface area contributed by atoms with Crippen molar-refractivity contribution < 1.29 is 4.39 Å². The Morgan fingerprint density at radius 2 is 1.97 bits per heavy atom. The molecule has 2 aliphatic rings. The van der Waals surface area contributed by atoms with Crippen LogP contribution in [0.25, 0.3) is 28.2 Å². The van der Waals surface area contributed by atoms with Crippen LogP contribution in [-0.2, 0) is 6.54 Å². The van der Waals surface area contributed by atoms with Crippen LogP contribution in [0.4, 0.5) is 10.2 Å². The van der Waals surface area contributed by atoms with Crippen molar-refractivity contribution in [1.82, 2.24) is 24.9 Å². The number of fused-ring (bicyclic) bond motifs is 3. The molecule has 2 aliphatic heterocycles. The first-order valence-corrected chi connectivity index (χ1v) is 10.5. The molecule has 5 heterocycles. The molecule has 0 radical (unpaired) electrons. The third-order valence-corrected chi connectivity index (χ3v) is 6.23. The monoisotopic (exact) mass is 415 g/mol. The van der Waals surface area contributed by atoms with Gasteiger partial charge in [0, 0.05) is 49.0 Å². The maximum atomic E-state index is 13.6. The van der Waals surface area contributed by atoms with Gasteiger partial charge < -0.3 is 16.0 Å². The van der Waals surface area contributed by atoms with Crippen molar-refractivity contribution in [1.29, 1.82) is 0 Å². The number of pyridine rings is 1. The Hall–Kier alpha value is -3.36. The van der Waals surface area contributed by atoms with Crippen molar-refractivity contribution in [2.75, 3.05) is 18.0 Å². The smallest absolute Gasteiger partial charge is 0.155 e. The summed E-state index contributed by atoms with van der Waals surface area (Å²) in [6, 6.07) is 15.4. The Labute approximate surface area is 178 Å². The van der Waals surface area contributed by atoms with Gasteiger partial charge in [-0.1, -0.05) is 0 Å². The van der Waals surface area contributed by atoms with E-state index in [4.69, 9.17) is 15.8 Å². The van der Waals surface area contributed by atoms with Crippen LogP contribution >= 0.6 is 0 Å². The fraction of sp³-hybridized carbons (Fsp3) is 0.261. The zero-order valence-corrected chi connectivity index (χ0v) is 16.9. The van der Waals surface area contributed by atoms with Gasteiger partial charge in [-0.05, 0) is 55.0 Å². The van der Waals surface area contributed by atoms with Crippen LogP contribution in [0.3, 0.4) is 0 Å². The van der Waals surface area contributed by atoms with E-state index in [1.54, 1.807) is 18.3 Å². The molecule has 2 saturated heterocycles. The number of rotatable bonds is 4. The first kappa shape index (κ1) is 18.4. The molecule has 0 saturated carbocycles. The third-order valence-electron chi connectivity index (χ3n) is 6.23. The van der Waals surface area contributed by atoms with Crippen molar-refractivity contribution in [2.45, 2.75) is 25.0 Å². The standard InChI is InChI=1S/C23H22FN7/c24-16-3-1-14(2-4-16)22-23(15-7-8-26-17(9-15)11-25)31-20(28-22)5-6-21(29-31)30-13-18-10-19(30)12-27-18/h1-9,18-19,27H,10-13,25H2. The highest BCUT2D eigenvalue weighted by molar-refractivity contribution is 5.81. The minimum Gasteiger partial charge on any atom is -0.349 e. The molecule has 2 fully saturated rings. The van der Waals surface area contributed by atoms with Crippen molar-refractivity contribution in [3.8, 4) is 22.5 Å². The number of nitrogens with one attached hydrogen (secondary N) is 1. The number of halogens is 1. The zero-order valence-electron chi connectivity index (χ0n) is 16.9. The fourth-order valence-electron chi connectivity index (χ4n) is 4.72. The molecule has 2 atom stereocenters. The van der Waals surface area contributed by atoms with Gasteiger partial charge >= 0.3 is 0 Å². The molecule has 0 aliphatic carbocycles. The minimum absolute atomic E-state index is 0.276. The van der Waals surface area contributed by atoms with E-state index < -0.39 is 0 Å². The maximum absolute atomic E-state index is 13.6. The number of nitrogens with two attached hydrogens (primary N) is 1. The molecule has 6 rings (SSSR count). The Balaban J connectivity index is 1.55. The van der Waals surface area contributed by atoms with Gasteiger partial charge in [0.1, 0.15) is 17.3 Å². The molecule has 2 bridgehead atoms. The van der Waals surface area contributed by atoms with Crippen LogP contribution < -0.4 is 16.0 Å². The highest BCUT2D eigenvalue weighted by atomic mass is 19.1. The minimum atomic E-state index is -0.276. The van der Waals surface area contributed by atoms with E-state index >= 15 is 0 Å². The van der Waals surface area contributed by atoms with E-state index in [0.717, 1.165) is 59.2 Å². The molecule has 3 N–H and O–H groups in total. The Morgan fingerprint density at radius 1 is 1.10 bits per heavy atom. The van der Waals surface area contributed by atoms with Crippen LogP contribution in [0.2, 0.25) is 0 Å². The summed E-state index contributed by atoms with van der Waals surface area (Å²) >= 11 is 0. The van der Waals surface area contributed by atoms with Crippen LogP contribution in [-0.4, -0.2) is 44.8 Å². The summed E-state index contributed by atoms with van der Waals surface area (Å²) in [5.41, 5.74) is 10.7. The summed E-state index contributed by atoms with van der Waals surface area (Å²) in [5.74, 6) is 0.667. The van der Waals surface area contributed by atoms with E-state index in [1.807, 2.05) is 28.8 Å². The molecule has 31 heavy (non-hydrogen) atoms. The number of hydrogen-bond acceptors (Lipinski definition) is 6. The second kappa shape index (κ2) is 7.11. The summed E-state index contributed by atoms with van der Waals surface area (Å²) in [6.07, 6.45) is 2.90. The molecule has 0 amide bonds. The summed E-state index contributed by atoms with van der Waals surface area (Å²) in [7, 11) is 0. The Bertz CT molecular complexity index is 1270. The van der Waals surface area contributed by atoms with Gasteiger partial charge in [-0.2, -0.15) is 0 Å². The SMILES string of the molecule is NCc1cc(-c2c(-c3ccc(F)cc3)nc3ccc(N4CC5CC4CN5)nn23)ccn1. The maximum Gasteiger partial charge on any atom is 0.155 e. The molecule has 4 aromatic rings. The lowest BCUT2D eigenvalue weighted by atomic mass is 10.1. The third kappa shape index (κ3) is 3.07. The fourth-order valence-corrected chi connectivity index (χ4v) is 4.72. The molecule has 156 valence electrons. The van der Waals surface area contributed by atoms with E-state index in [-0.39, 0.29) is 5.82 Å². The van der Waals surface area contributed by atoms with Gasteiger partial charge in [-0.3, -0.25) is 4.98 Å². The zero-order chi connectivity index (χ0) is 20.9. The quantitative estimate of drug-likeness (QED) is 0.533. The first-order valence-electron chi connectivity index (χ1n) is 10.5. The van der Waals surface area contributed by atoms with Crippen molar-refractivity contribution in [3.05, 3.63) is 66.2 Å². The molecular weight excluding hydrogens is 393 g/mol. The van der Waals surface area contributed by atoms with Crippen molar-refractivity contribution in [3.63, 3.8) is 0 Å². The van der Waals surface area contributed by atoms with Crippen molar-refractivity contribution >= 4 is 11.5 Å². The van der Waals surface area contributed by atoms with E-state index in [1.165, 1.54) is 12.1 Å². The van der Waals surface area contributed by atoms with Gasteiger partial charge in [0.25, 0.3) is 0 Å². The average Bonchev–Trinajstić information content (AvgIpc) is 3.53. The van der Waals surface area contributed by atoms with E-state index in [2.05, 4.69) is 15.2 Å². The number of nitrogens with zero attached hydrogens (tertiary/aromatic N) is 5. The highest BCUT2D eigenvalue weighted by Gasteiger charge is 2.38. The topological polar surface area (TPSA) is 84.4 Å². The number of benzene rings is 1. The lowest BCUT2D eigenvalue weighted by Gasteiger charge is -2.28. The van der Waals surface area contributed by atoms with E-state index in [9.17, 15) is 4.39 Å². The summed E-state index contributed by atoms with van der Waals surface area (Å²) in [4.78, 5) is 11.6. The predicted molar refractivity (Wildman–Crippen MR) is 117 cm³/mol. The molecular formula is C23H22FN7.